The first-order valence-electron chi connectivity index (χ1n) is 4.11. The van der Waals surface area contributed by atoms with Crippen molar-refractivity contribution in [3.05, 3.63) is 11.8 Å². The van der Waals surface area contributed by atoms with Crippen LogP contribution in [0.4, 0.5) is 0 Å². The molecule has 0 aromatic heterocycles. The molecule has 0 spiro atoms. The summed E-state index contributed by atoms with van der Waals surface area (Å²) in [6, 6.07) is 0. The third-order valence-electron chi connectivity index (χ3n) is 1.49. The number of methoxy groups -OCH3 is 1. The highest BCUT2D eigenvalue weighted by molar-refractivity contribution is 5.82. The lowest BCUT2D eigenvalue weighted by atomic mass is 10.2. The monoisotopic (exact) mass is 182 g/mol. The minimum absolute atomic E-state index is 0.0453. The number of hydrogen-bond acceptors (Lipinski definition) is 3. The zero-order valence-electron chi connectivity index (χ0n) is 7.75. The summed E-state index contributed by atoms with van der Waals surface area (Å²) < 4.78 is 4.34. The maximum absolute atomic E-state index is 10.6. The predicted octanol–water partition coefficient (Wildman–Crippen LogP) is 1.79. The molecule has 0 saturated carbocycles. The van der Waals surface area contributed by atoms with Gasteiger partial charge in [0.1, 0.15) is 0 Å². The number of carbonyl (C=O) groups excluding carboxylic acids is 1. The van der Waals surface area contributed by atoms with Gasteiger partial charge in [-0.1, -0.05) is 0 Å². The number of hydrogen-bond donors (Lipinski definition) is 1. The Morgan fingerprint density at radius 3 is 2.85 bits per heavy atom. The van der Waals surface area contributed by atoms with Gasteiger partial charge in [0.2, 0.25) is 0 Å². The summed E-state index contributed by atoms with van der Waals surface area (Å²) >= 11 is 0. The maximum Gasteiger partial charge on any atom is 0.333 e. The Labute approximate surface area is 78.4 Å². The molecule has 0 aliphatic heterocycles. The number of aliphatic hydroxyl groups excluding tert-OH is 1. The first-order valence-corrected chi connectivity index (χ1v) is 4.11. The molecule has 0 aliphatic rings. The Kier molecular flexibility index (Phi) is 6.44. The quantitative estimate of drug-likeness (QED) is 0.232. The summed E-state index contributed by atoms with van der Waals surface area (Å²) in [7, 11) is 1.27. The predicted molar refractivity (Wildman–Crippen MR) is 50.0 cm³/mol. The molecule has 13 heavy (non-hydrogen) atoms. The lowest BCUT2D eigenvalue weighted by molar-refractivity contribution is -0.135. The van der Waals surface area contributed by atoms with Crippen molar-refractivity contribution in [1.82, 2.24) is 0 Å². The second-order valence-electron chi connectivity index (χ2n) is 2.57. The van der Waals surface area contributed by atoms with Crippen LogP contribution in [0.15, 0.2) is 11.8 Å². The number of rotatable bonds is 5. The summed E-state index contributed by atoms with van der Waals surface area (Å²) in [4.78, 5) is 10.6. The van der Waals surface area contributed by atoms with Crippen molar-refractivity contribution in [2.75, 3.05) is 7.11 Å². The molecule has 0 aromatic carbocycles. The van der Waals surface area contributed by atoms with Gasteiger partial charge >= 0.3 is 5.97 Å². The van der Waals surface area contributed by atoms with E-state index < -0.39 is 5.97 Å². The Hall–Kier alpha value is -1.43. The number of carbonyl (C=O) groups is 1. The van der Waals surface area contributed by atoms with Crippen LogP contribution in [0.3, 0.4) is 0 Å². The van der Waals surface area contributed by atoms with Gasteiger partial charge in [-0.05, 0) is 12.8 Å². The third kappa shape index (κ3) is 6.95. The molecule has 0 bridgehead atoms. The third-order valence-corrected chi connectivity index (χ3v) is 1.49. The van der Waals surface area contributed by atoms with Gasteiger partial charge in [-0.3, -0.25) is 0 Å². The van der Waals surface area contributed by atoms with Crippen LogP contribution in [0.2, 0.25) is 0 Å². The summed E-state index contributed by atoms with van der Waals surface area (Å²) in [6.45, 7) is 0. The Morgan fingerprint density at radius 2 is 2.31 bits per heavy atom. The normalized spacial score (nSPS) is 10.6. The summed E-state index contributed by atoms with van der Waals surface area (Å²) in [5, 5.41) is 9.16. The fourth-order valence-corrected chi connectivity index (χ4v) is 0.800. The number of esters is 1. The highest BCUT2D eigenvalue weighted by Gasteiger charge is 1.98. The van der Waals surface area contributed by atoms with E-state index in [1.165, 1.54) is 7.11 Å². The molecule has 0 atom stereocenters. The lowest BCUT2D eigenvalue weighted by Gasteiger charge is -1.97. The van der Waals surface area contributed by atoms with Gasteiger partial charge in [0.25, 0.3) is 0 Å². The minimum Gasteiger partial charge on any atom is -0.512 e. The van der Waals surface area contributed by atoms with Crippen LogP contribution in [-0.2, 0) is 9.53 Å². The molecule has 0 aromatic rings. The zero-order chi connectivity index (χ0) is 10.1. The van der Waals surface area contributed by atoms with E-state index >= 15 is 0 Å². The van der Waals surface area contributed by atoms with E-state index in [0.717, 1.165) is 18.9 Å². The number of ether oxygens (including phenoxy) is 1. The van der Waals surface area contributed by atoms with E-state index in [-0.39, 0.29) is 5.76 Å². The molecule has 0 fully saturated rings. The molecule has 72 valence electrons. The fourth-order valence-electron chi connectivity index (χ4n) is 0.800. The van der Waals surface area contributed by atoms with Crippen LogP contribution in [0.25, 0.3) is 0 Å². The van der Waals surface area contributed by atoms with Gasteiger partial charge in [0.15, 0.2) is 0 Å². The van der Waals surface area contributed by atoms with E-state index in [4.69, 9.17) is 11.5 Å². The van der Waals surface area contributed by atoms with Crippen molar-refractivity contribution in [3.8, 4) is 12.3 Å². The standard InChI is InChI=1S/C10H14O3/c1-3-4-5-6-7-9(11)8-10(12)13-2/h1,8,11H,4-7H2,2H3. The summed E-state index contributed by atoms with van der Waals surface area (Å²) in [5.74, 6) is 2.01. The van der Waals surface area contributed by atoms with Gasteiger partial charge in [-0.2, -0.15) is 0 Å². The van der Waals surface area contributed by atoms with Gasteiger partial charge in [0.05, 0.1) is 18.9 Å². The van der Waals surface area contributed by atoms with Crippen LogP contribution >= 0.6 is 0 Å². The lowest BCUT2D eigenvalue weighted by Crippen LogP contribution is -1.97. The molecular formula is C10H14O3. The average molecular weight is 182 g/mol. The summed E-state index contributed by atoms with van der Waals surface area (Å²) in [5.41, 5.74) is 0. The molecule has 0 radical (unpaired) electrons. The number of unbranched alkanes of at least 4 members (excludes halogenated alkanes) is 2. The topological polar surface area (TPSA) is 46.5 Å². The number of terminal acetylenes is 1. The van der Waals surface area contributed by atoms with Crippen LogP contribution in [0.1, 0.15) is 25.7 Å². The first-order chi connectivity index (χ1) is 6.20. The highest BCUT2D eigenvalue weighted by atomic mass is 16.5. The molecule has 0 saturated heterocycles. The Morgan fingerprint density at radius 1 is 1.62 bits per heavy atom. The van der Waals surface area contributed by atoms with Crippen molar-refractivity contribution in [2.24, 2.45) is 0 Å². The van der Waals surface area contributed by atoms with Crippen LogP contribution < -0.4 is 0 Å². The molecule has 0 rings (SSSR count). The van der Waals surface area contributed by atoms with E-state index in [1.54, 1.807) is 0 Å². The van der Waals surface area contributed by atoms with Gasteiger partial charge in [0, 0.05) is 12.8 Å². The average Bonchev–Trinajstić information content (AvgIpc) is 2.12. The molecule has 3 nitrogen and oxygen atoms in total. The van der Waals surface area contributed by atoms with Gasteiger partial charge in [-0.25, -0.2) is 4.79 Å². The molecule has 1 N–H and O–H groups in total. The SMILES string of the molecule is C#CCCCCC(O)=CC(=O)OC. The molecule has 3 heteroatoms. The number of aliphatic hydroxyl groups is 1. The maximum atomic E-state index is 10.6. The van der Waals surface area contributed by atoms with Gasteiger partial charge in [-0.15, -0.1) is 12.3 Å². The molecule has 0 aliphatic carbocycles. The van der Waals surface area contributed by atoms with Crippen molar-refractivity contribution < 1.29 is 14.6 Å². The first kappa shape index (κ1) is 11.6. The number of allylic oxidation sites excluding steroid dienone is 1. The van der Waals surface area contributed by atoms with Gasteiger partial charge < -0.3 is 9.84 Å². The van der Waals surface area contributed by atoms with Crippen LogP contribution in [0, 0.1) is 12.3 Å². The van der Waals surface area contributed by atoms with Crippen molar-refractivity contribution >= 4 is 5.97 Å². The van der Waals surface area contributed by atoms with E-state index in [1.807, 2.05) is 0 Å². The molecule has 0 unspecified atom stereocenters. The molecular weight excluding hydrogens is 168 g/mol. The molecule has 0 heterocycles. The smallest absolute Gasteiger partial charge is 0.333 e. The molecule has 0 amide bonds. The van der Waals surface area contributed by atoms with Crippen molar-refractivity contribution in [1.29, 1.82) is 0 Å². The van der Waals surface area contributed by atoms with Crippen LogP contribution in [0.5, 0.6) is 0 Å². The highest BCUT2D eigenvalue weighted by Crippen LogP contribution is 2.05. The fraction of sp³-hybridized carbons (Fsp3) is 0.500. The Bertz CT molecular complexity index is 223. The second-order valence-corrected chi connectivity index (χ2v) is 2.57. The van der Waals surface area contributed by atoms with Crippen molar-refractivity contribution in [3.63, 3.8) is 0 Å². The van der Waals surface area contributed by atoms with E-state index in [2.05, 4.69) is 10.7 Å². The second kappa shape index (κ2) is 7.23. The van der Waals surface area contributed by atoms with E-state index in [0.29, 0.717) is 12.8 Å². The Balaban J connectivity index is 3.62. The zero-order valence-corrected chi connectivity index (χ0v) is 7.75. The van der Waals surface area contributed by atoms with E-state index in [9.17, 15) is 4.79 Å². The largest absolute Gasteiger partial charge is 0.512 e. The minimum atomic E-state index is -0.533. The van der Waals surface area contributed by atoms with Crippen LogP contribution in [-0.4, -0.2) is 18.2 Å². The summed E-state index contributed by atoms with van der Waals surface area (Å²) in [6.07, 6.45) is 8.93. The van der Waals surface area contributed by atoms with Crippen molar-refractivity contribution in [2.45, 2.75) is 25.7 Å².